The topological polar surface area (TPSA) is 84.3 Å². The molecular weight excluding hydrogens is 534 g/mol. The van der Waals surface area contributed by atoms with E-state index in [1.807, 2.05) is 42.1 Å². The Kier molecular flexibility index (Phi) is 6.75. The van der Waals surface area contributed by atoms with Gasteiger partial charge in [-0.15, -0.1) is 0 Å². The molecule has 10 heteroatoms. The van der Waals surface area contributed by atoms with Gasteiger partial charge in [-0.2, -0.15) is 0 Å². The van der Waals surface area contributed by atoms with Crippen LogP contribution in [0.2, 0.25) is 0 Å². The minimum absolute atomic E-state index is 0.0118. The molecule has 1 aromatic heterocycles. The van der Waals surface area contributed by atoms with E-state index in [0.717, 1.165) is 28.8 Å². The van der Waals surface area contributed by atoms with Crippen LogP contribution in [0.1, 0.15) is 47.3 Å². The molecule has 206 valence electrons. The Bertz CT molecular complexity index is 1690. The molecule has 0 saturated heterocycles. The summed E-state index contributed by atoms with van der Waals surface area (Å²) in [6, 6.07) is 16.3. The highest BCUT2D eigenvalue weighted by atomic mass is 32.2. The Morgan fingerprint density at radius 2 is 1.88 bits per heavy atom. The van der Waals surface area contributed by atoms with E-state index in [2.05, 4.69) is 9.71 Å². The fourth-order valence-electron chi connectivity index (χ4n) is 5.51. The van der Waals surface area contributed by atoms with Crippen LogP contribution in [0.3, 0.4) is 0 Å². The summed E-state index contributed by atoms with van der Waals surface area (Å²) in [5.41, 5.74) is 3.26. The second kappa shape index (κ2) is 10.3. The summed E-state index contributed by atoms with van der Waals surface area (Å²) in [5.74, 6) is -0.570. The van der Waals surface area contributed by atoms with E-state index in [1.165, 1.54) is 24.3 Å². The number of carbonyl (C=O) groups is 1. The highest BCUT2D eigenvalue weighted by Gasteiger charge is 2.46. The van der Waals surface area contributed by atoms with Crippen LogP contribution < -0.4 is 9.62 Å². The Labute approximate surface area is 231 Å². The fraction of sp³-hybridized carbons (Fsp3) is 0.267. The first kappa shape index (κ1) is 26.3. The number of aryl methyl sites for hydroxylation is 2. The molecule has 1 fully saturated rings. The third-order valence-electron chi connectivity index (χ3n) is 7.81. The molecule has 2 aliphatic carbocycles. The number of hydrogen-bond donors (Lipinski definition) is 1. The van der Waals surface area contributed by atoms with E-state index >= 15 is 0 Å². The van der Waals surface area contributed by atoms with Crippen LogP contribution in [0.15, 0.2) is 84.0 Å². The predicted molar refractivity (Wildman–Crippen MR) is 146 cm³/mol. The summed E-state index contributed by atoms with van der Waals surface area (Å²) >= 11 is 0. The fourth-order valence-corrected chi connectivity index (χ4v) is 6.76. The summed E-state index contributed by atoms with van der Waals surface area (Å²) in [5, 5.41) is 0. The lowest BCUT2D eigenvalue weighted by molar-refractivity contribution is -0.120. The van der Waals surface area contributed by atoms with Crippen LogP contribution in [0.25, 0.3) is 0 Å². The maximum atomic E-state index is 13.9. The van der Waals surface area contributed by atoms with Gasteiger partial charge in [0, 0.05) is 37.1 Å². The second-order valence-electron chi connectivity index (χ2n) is 10.4. The number of nitrogens with one attached hydrogen (secondary N) is 1. The van der Waals surface area contributed by atoms with Crippen LogP contribution >= 0.6 is 0 Å². The van der Waals surface area contributed by atoms with Gasteiger partial charge in [0.05, 0.1) is 11.4 Å². The lowest BCUT2D eigenvalue weighted by Gasteiger charge is -2.25. The Morgan fingerprint density at radius 1 is 1.07 bits per heavy atom. The first-order valence-corrected chi connectivity index (χ1v) is 14.6. The second-order valence-corrected chi connectivity index (χ2v) is 12.1. The van der Waals surface area contributed by atoms with Gasteiger partial charge in [0.2, 0.25) is 15.9 Å². The van der Waals surface area contributed by atoms with Crippen molar-refractivity contribution in [3.8, 4) is 0 Å². The van der Waals surface area contributed by atoms with Gasteiger partial charge < -0.3 is 9.47 Å². The van der Waals surface area contributed by atoms with Gasteiger partial charge in [0.1, 0.15) is 17.5 Å². The standard InChI is InChI=1S/C30H28F2N4O3S/c1-35-14-13-33-29(35)18-36(30(37)27-17-25(27)20-3-2-4-22(32)15-20)23-9-5-19-6-12-28(26(19)16-23)34-40(38,39)24-10-7-21(31)8-11-24/h2-5,7-11,13-16,25,27-28,34H,6,12,17-18H2,1H3/t25-,27-,28+/m0/s1. The summed E-state index contributed by atoms with van der Waals surface area (Å²) in [6.45, 7) is 0.236. The molecule has 4 aromatic rings. The number of imidazole rings is 1. The van der Waals surface area contributed by atoms with E-state index in [0.29, 0.717) is 30.8 Å². The average Bonchev–Trinajstić information content (AvgIpc) is 3.50. The zero-order valence-electron chi connectivity index (χ0n) is 21.8. The molecule has 1 amide bonds. The maximum absolute atomic E-state index is 13.9. The van der Waals surface area contributed by atoms with Gasteiger partial charge in [0.25, 0.3) is 0 Å². The number of carbonyl (C=O) groups excluding carboxylic acids is 1. The van der Waals surface area contributed by atoms with E-state index in [9.17, 15) is 22.0 Å². The third-order valence-corrected chi connectivity index (χ3v) is 9.30. The van der Waals surface area contributed by atoms with Gasteiger partial charge in [-0.05, 0) is 90.4 Å². The van der Waals surface area contributed by atoms with Crippen molar-refractivity contribution in [2.75, 3.05) is 4.90 Å². The highest BCUT2D eigenvalue weighted by molar-refractivity contribution is 7.89. The number of amides is 1. The Balaban J connectivity index is 1.29. The number of aromatic nitrogens is 2. The van der Waals surface area contributed by atoms with Crippen LogP contribution in [0, 0.1) is 17.6 Å². The summed E-state index contributed by atoms with van der Waals surface area (Å²) in [7, 11) is -2.02. The predicted octanol–water partition coefficient (Wildman–Crippen LogP) is 5.00. The third kappa shape index (κ3) is 5.16. The first-order valence-electron chi connectivity index (χ1n) is 13.1. The van der Waals surface area contributed by atoms with E-state index in [4.69, 9.17) is 0 Å². The Morgan fingerprint density at radius 3 is 2.60 bits per heavy atom. The molecular formula is C30H28F2N4O3S. The van der Waals surface area contributed by atoms with E-state index in [1.54, 1.807) is 17.2 Å². The van der Waals surface area contributed by atoms with Crippen LogP contribution in [0.4, 0.5) is 14.5 Å². The van der Waals surface area contributed by atoms with Gasteiger partial charge >= 0.3 is 0 Å². The smallest absolute Gasteiger partial charge is 0.241 e. The number of hydrogen-bond acceptors (Lipinski definition) is 4. The zero-order chi connectivity index (χ0) is 28.0. The number of rotatable bonds is 8. The van der Waals surface area contributed by atoms with Gasteiger partial charge in [-0.3, -0.25) is 4.79 Å². The maximum Gasteiger partial charge on any atom is 0.241 e. The number of nitrogens with zero attached hydrogens (tertiary/aromatic N) is 3. The quantitative estimate of drug-likeness (QED) is 0.328. The van der Waals surface area contributed by atoms with Crippen LogP contribution in [0.5, 0.6) is 0 Å². The summed E-state index contributed by atoms with van der Waals surface area (Å²) in [4.78, 5) is 20.0. The molecule has 0 radical (unpaired) electrons. The van der Waals surface area contributed by atoms with Crippen molar-refractivity contribution in [3.63, 3.8) is 0 Å². The van der Waals surface area contributed by atoms with Crippen molar-refractivity contribution < 1.29 is 22.0 Å². The van der Waals surface area contributed by atoms with Crippen molar-refractivity contribution in [1.29, 1.82) is 0 Å². The van der Waals surface area contributed by atoms with E-state index in [-0.39, 0.29) is 35.0 Å². The number of halogens is 2. The normalized spacial score (nSPS) is 19.8. The summed E-state index contributed by atoms with van der Waals surface area (Å²) < 4.78 is 57.9. The lowest BCUT2D eigenvalue weighted by atomic mass is 10.1. The van der Waals surface area contributed by atoms with Gasteiger partial charge in [0.15, 0.2) is 0 Å². The monoisotopic (exact) mass is 562 g/mol. The largest absolute Gasteiger partial charge is 0.337 e. The molecule has 2 aliphatic rings. The minimum Gasteiger partial charge on any atom is -0.337 e. The number of benzene rings is 3. The molecule has 3 aromatic carbocycles. The number of sulfonamides is 1. The first-order chi connectivity index (χ1) is 19.2. The number of fused-ring (bicyclic) bond motifs is 1. The zero-order valence-corrected chi connectivity index (χ0v) is 22.6. The van der Waals surface area contributed by atoms with Crippen molar-refractivity contribution >= 4 is 21.6 Å². The highest BCUT2D eigenvalue weighted by Crippen LogP contribution is 2.49. The molecule has 40 heavy (non-hydrogen) atoms. The molecule has 7 nitrogen and oxygen atoms in total. The molecule has 0 spiro atoms. The molecule has 0 unspecified atom stereocenters. The van der Waals surface area contributed by atoms with Crippen molar-refractivity contribution in [1.82, 2.24) is 14.3 Å². The molecule has 1 N–H and O–H groups in total. The van der Waals surface area contributed by atoms with Crippen molar-refractivity contribution in [3.05, 3.63) is 113 Å². The molecule has 6 rings (SSSR count). The molecule has 0 aliphatic heterocycles. The lowest BCUT2D eigenvalue weighted by Crippen LogP contribution is -2.33. The van der Waals surface area contributed by atoms with Crippen LogP contribution in [-0.4, -0.2) is 23.9 Å². The van der Waals surface area contributed by atoms with Crippen LogP contribution in [-0.2, 0) is 34.8 Å². The van der Waals surface area contributed by atoms with Gasteiger partial charge in [-0.1, -0.05) is 18.2 Å². The minimum atomic E-state index is -3.89. The van der Waals surface area contributed by atoms with Gasteiger partial charge in [-0.25, -0.2) is 26.9 Å². The Hall–Kier alpha value is -3.89. The number of anilines is 1. The SMILES string of the molecule is Cn1ccnc1CN(C(=O)[C@H]1C[C@H]1c1cccc(F)c1)c1ccc2c(c1)[C@H](NS(=O)(=O)c1ccc(F)cc1)CC2. The van der Waals surface area contributed by atoms with E-state index < -0.39 is 21.9 Å². The molecule has 1 saturated carbocycles. The van der Waals surface area contributed by atoms with Crippen molar-refractivity contribution in [2.24, 2.45) is 13.0 Å². The summed E-state index contributed by atoms with van der Waals surface area (Å²) in [6.07, 6.45) is 5.37. The van der Waals surface area contributed by atoms with Crippen molar-refractivity contribution in [2.45, 2.75) is 42.7 Å². The molecule has 1 heterocycles. The average molecular weight is 563 g/mol. The molecule has 3 atom stereocenters. The molecule has 0 bridgehead atoms.